The van der Waals surface area contributed by atoms with Gasteiger partial charge in [0.2, 0.25) is 0 Å². The van der Waals surface area contributed by atoms with Gasteiger partial charge in [0.05, 0.1) is 38.9 Å². The van der Waals surface area contributed by atoms with Gasteiger partial charge in [-0.1, -0.05) is 449 Å². The number of para-hydroxylation sites is 1. The van der Waals surface area contributed by atoms with Crippen LogP contribution in [0, 0.1) is 0 Å². The molecular formula is C139H91BN4O. The molecule has 25 aromatic rings. The van der Waals surface area contributed by atoms with Crippen molar-refractivity contribution in [3.8, 4) is 145 Å². The molecule has 0 spiro atoms. The fourth-order valence-corrected chi connectivity index (χ4v) is 23.8. The third kappa shape index (κ3) is 14.1. The molecule has 0 amide bonds. The van der Waals surface area contributed by atoms with Gasteiger partial charge in [-0.25, -0.2) is 0 Å². The summed E-state index contributed by atoms with van der Waals surface area (Å²) in [5.74, 6) is 1.60. The SMILES string of the molecule is c1ccc(-c2cc(-c3ccccc3)c(N3c4cc(-n5c6cc(-c7ccccc7)ccc6c6ccc(-c7ccccc7)cc65)ccc4B4c5ccc(-n6c7cc(-c8ccccc8)ccc7c7ccc(-c8ccccc8)cc76)cc5N(c5c(-c6ccccc6)cc(-c6ccccc6)cc5-c5ccccc5)c5cc(-c6ccc7c(c6)C(c6ccccc6)(c6ccccc6)c6ccccc6O7)cc3c54)c(-c3ccccc3)c2)cc1. The zero-order valence-corrected chi connectivity index (χ0v) is 79.3. The Morgan fingerprint density at radius 3 is 0.766 bits per heavy atom. The largest absolute Gasteiger partial charge is 0.457 e. The third-order valence-corrected chi connectivity index (χ3v) is 30.4. The summed E-state index contributed by atoms with van der Waals surface area (Å²) < 4.78 is 12.6. The van der Waals surface area contributed by atoms with Crippen molar-refractivity contribution in [2.24, 2.45) is 0 Å². The van der Waals surface area contributed by atoms with E-state index in [2.05, 4.69) is 571 Å². The van der Waals surface area contributed by atoms with E-state index in [1.54, 1.807) is 0 Å². The monoisotopic (exact) mass is 1840 g/mol. The molecule has 145 heavy (non-hydrogen) atoms. The van der Waals surface area contributed by atoms with E-state index >= 15 is 0 Å². The zero-order chi connectivity index (χ0) is 95.6. The Balaban J connectivity index is 0.823. The fraction of sp³-hybridized carbons (Fsp3) is 0.00719. The predicted molar refractivity (Wildman–Crippen MR) is 607 cm³/mol. The van der Waals surface area contributed by atoms with Crippen LogP contribution in [0.1, 0.15) is 22.3 Å². The van der Waals surface area contributed by atoms with E-state index in [4.69, 9.17) is 4.74 Å². The molecule has 6 heteroatoms. The molecule has 23 aromatic carbocycles. The van der Waals surface area contributed by atoms with Gasteiger partial charge < -0.3 is 23.7 Å². The number of rotatable bonds is 17. The van der Waals surface area contributed by atoms with Crippen molar-refractivity contribution in [1.29, 1.82) is 0 Å². The molecule has 3 aliphatic heterocycles. The smallest absolute Gasteiger partial charge is 0.252 e. The minimum atomic E-state index is -0.878. The van der Waals surface area contributed by atoms with E-state index < -0.39 is 12.1 Å². The Morgan fingerprint density at radius 1 is 0.179 bits per heavy atom. The van der Waals surface area contributed by atoms with E-state index in [0.717, 1.165) is 262 Å². The molecule has 0 unspecified atom stereocenters. The maximum absolute atomic E-state index is 7.44. The normalized spacial score (nSPS) is 12.6. The van der Waals surface area contributed by atoms with Crippen LogP contribution in [-0.2, 0) is 5.41 Å². The number of anilines is 6. The summed E-state index contributed by atoms with van der Waals surface area (Å²) in [6.07, 6.45) is 0. The van der Waals surface area contributed by atoms with Crippen LogP contribution in [0.15, 0.2) is 552 Å². The quantitative estimate of drug-likeness (QED) is 0.0850. The second kappa shape index (κ2) is 34.9. The number of fused-ring (bicyclic) bond motifs is 12. The van der Waals surface area contributed by atoms with Crippen molar-refractivity contribution >= 4 is 101 Å². The minimum absolute atomic E-state index is 0.454. The molecule has 0 bridgehead atoms. The van der Waals surface area contributed by atoms with Crippen LogP contribution < -0.4 is 30.9 Å². The number of hydrogen-bond acceptors (Lipinski definition) is 3. The highest BCUT2D eigenvalue weighted by Gasteiger charge is 2.49. The van der Waals surface area contributed by atoms with Crippen molar-refractivity contribution in [2.75, 3.05) is 9.80 Å². The highest BCUT2D eigenvalue weighted by atomic mass is 16.5. The molecule has 0 N–H and O–H groups in total. The molecule has 5 heterocycles. The van der Waals surface area contributed by atoms with E-state index in [0.29, 0.717) is 0 Å². The van der Waals surface area contributed by atoms with Crippen LogP contribution in [-0.4, -0.2) is 15.8 Å². The number of nitrogens with zero attached hydrogens (tertiary/aromatic N) is 4. The lowest BCUT2D eigenvalue weighted by Crippen LogP contribution is -2.61. The average molecular weight is 1840 g/mol. The molecule has 676 valence electrons. The molecule has 0 saturated carbocycles. The Kier molecular flexibility index (Phi) is 20.3. The Hall–Kier alpha value is -18.9. The molecule has 0 fully saturated rings. The first-order chi connectivity index (χ1) is 71.9. The van der Waals surface area contributed by atoms with Gasteiger partial charge in [-0.2, -0.15) is 0 Å². The highest BCUT2D eigenvalue weighted by Crippen LogP contribution is 2.60. The summed E-state index contributed by atoms with van der Waals surface area (Å²) in [6.45, 7) is -0.454. The van der Waals surface area contributed by atoms with Gasteiger partial charge in [0.25, 0.3) is 6.71 Å². The number of hydrogen-bond donors (Lipinski definition) is 0. The van der Waals surface area contributed by atoms with Crippen molar-refractivity contribution in [1.82, 2.24) is 9.13 Å². The summed E-state index contributed by atoms with van der Waals surface area (Å²) in [7, 11) is 0. The summed E-state index contributed by atoms with van der Waals surface area (Å²) in [5, 5.41) is 4.65. The molecular weight excluding hydrogens is 1750 g/mol. The predicted octanol–water partition coefficient (Wildman–Crippen LogP) is 34.8. The average Bonchev–Trinajstić information content (AvgIpc) is 0.875. The molecule has 0 radical (unpaired) electrons. The van der Waals surface area contributed by atoms with Gasteiger partial charge in [-0.15, -0.1) is 0 Å². The number of aromatic nitrogens is 2. The van der Waals surface area contributed by atoms with E-state index in [-0.39, 0.29) is 0 Å². The van der Waals surface area contributed by atoms with Gasteiger partial charge in [-0.3, -0.25) is 0 Å². The molecule has 0 saturated heterocycles. The Bertz CT molecular complexity index is 8550. The first kappa shape index (κ1) is 84.2. The van der Waals surface area contributed by atoms with Crippen LogP contribution in [0.25, 0.3) is 177 Å². The summed E-state index contributed by atoms with van der Waals surface area (Å²) in [5.41, 5.74) is 43.6. The lowest BCUT2D eigenvalue weighted by atomic mass is 9.33. The van der Waals surface area contributed by atoms with Gasteiger partial charge in [0.15, 0.2) is 0 Å². The van der Waals surface area contributed by atoms with Crippen molar-refractivity contribution in [3.63, 3.8) is 0 Å². The van der Waals surface area contributed by atoms with Crippen LogP contribution in [0.2, 0.25) is 0 Å². The first-order valence-corrected chi connectivity index (χ1v) is 50.1. The van der Waals surface area contributed by atoms with Crippen molar-refractivity contribution in [3.05, 3.63) is 574 Å². The van der Waals surface area contributed by atoms with E-state index in [1.807, 2.05) is 0 Å². The van der Waals surface area contributed by atoms with Crippen LogP contribution in [0.5, 0.6) is 11.5 Å². The van der Waals surface area contributed by atoms with Crippen molar-refractivity contribution < 1.29 is 4.74 Å². The van der Waals surface area contributed by atoms with Crippen LogP contribution in [0.3, 0.4) is 0 Å². The number of ether oxygens (including phenoxy) is 1. The molecule has 0 atom stereocenters. The summed E-state index contributed by atoms with van der Waals surface area (Å²) >= 11 is 0. The standard InChI is InChI=1S/C139H91BN4O/c1-13-39-92(40-14-1)103-65-72-114-115-73-66-104(93-41-15-2-16-42-93)85-127(115)141(126(114)84-103)112-70-76-124-130(90-112)143(137-118(98-51-25-7-26-52-98)79-107(96-47-21-5-22-48-96)80-119(137)99-53-27-8-28-54-99)132-88-109(102-69-78-135-123(83-102)139(110-59-33-11-34-60-110,111-61-35-12-36-62-111)122-63-37-38-64-134(122)145-135)89-133-136(132)140(124)125-77-71-113(142-128-86-105(94-43-17-3-18-44-94)67-74-116(128)117-75-68-106(87-129(117)142)95-45-19-4-20-46-95)91-131(125)144(133)138-120(100-55-29-9-30-56-100)81-108(97-49-23-6-24-50-97)82-121(138)101-57-31-10-32-58-101/h1-91H. The van der Waals surface area contributed by atoms with Gasteiger partial charge in [0, 0.05) is 89.0 Å². The lowest BCUT2D eigenvalue weighted by molar-refractivity contribution is 0.434. The van der Waals surface area contributed by atoms with E-state index in [9.17, 15) is 0 Å². The Labute approximate surface area is 843 Å². The second-order valence-corrected chi connectivity index (χ2v) is 38.4. The van der Waals surface area contributed by atoms with Crippen molar-refractivity contribution in [2.45, 2.75) is 5.41 Å². The van der Waals surface area contributed by atoms with E-state index in [1.165, 1.54) is 0 Å². The molecule has 2 aromatic heterocycles. The third-order valence-electron chi connectivity index (χ3n) is 30.4. The fourth-order valence-electron chi connectivity index (χ4n) is 23.8. The molecule has 3 aliphatic rings. The summed E-state index contributed by atoms with van der Waals surface area (Å²) in [4.78, 5) is 5.48. The topological polar surface area (TPSA) is 25.6 Å². The summed E-state index contributed by atoms with van der Waals surface area (Å²) in [6, 6.07) is 207. The first-order valence-electron chi connectivity index (χ1n) is 50.1. The highest BCUT2D eigenvalue weighted by molar-refractivity contribution is 7.00. The minimum Gasteiger partial charge on any atom is -0.457 e. The second-order valence-electron chi connectivity index (χ2n) is 38.4. The van der Waals surface area contributed by atoms with Crippen LogP contribution in [0.4, 0.5) is 34.1 Å². The maximum atomic E-state index is 7.44. The molecule has 28 rings (SSSR count). The molecule has 5 nitrogen and oxygen atoms in total. The number of benzene rings is 23. The van der Waals surface area contributed by atoms with Crippen LogP contribution >= 0.6 is 0 Å². The molecule has 0 aliphatic carbocycles. The van der Waals surface area contributed by atoms with Gasteiger partial charge >= 0.3 is 0 Å². The maximum Gasteiger partial charge on any atom is 0.252 e. The van der Waals surface area contributed by atoms with Gasteiger partial charge in [-0.05, 0) is 231 Å². The Morgan fingerprint density at radius 2 is 0.441 bits per heavy atom. The van der Waals surface area contributed by atoms with Gasteiger partial charge in [0.1, 0.15) is 11.5 Å². The lowest BCUT2D eigenvalue weighted by Gasteiger charge is -2.46. The zero-order valence-electron chi connectivity index (χ0n) is 79.3.